The highest BCUT2D eigenvalue weighted by molar-refractivity contribution is 5.95. The van der Waals surface area contributed by atoms with Gasteiger partial charge in [0.15, 0.2) is 23.6 Å². The van der Waals surface area contributed by atoms with Gasteiger partial charge in [-0.1, -0.05) is 0 Å². The van der Waals surface area contributed by atoms with Crippen molar-refractivity contribution in [2.75, 3.05) is 5.32 Å². The fraction of sp³-hybridized carbons (Fsp3) is 0.600. The number of amides is 1. The molecule has 27 heavy (non-hydrogen) atoms. The van der Waals surface area contributed by atoms with Crippen molar-refractivity contribution in [3.8, 4) is 0 Å². The second-order valence-corrected chi connectivity index (χ2v) is 8.25. The van der Waals surface area contributed by atoms with Crippen LogP contribution in [0.15, 0.2) is 12.1 Å². The zero-order valence-corrected chi connectivity index (χ0v) is 15.0. The summed E-state index contributed by atoms with van der Waals surface area (Å²) in [6, 6.07) is 1.65. The average Bonchev–Trinajstić information content (AvgIpc) is 2.61. The molecule has 7 heteroatoms. The van der Waals surface area contributed by atoms with Crippen LogP contribution in [0.4, 0.5) is 18.9 Å². The smallest absolute Gasteiger partial charge is 0.310 e. The van der Waals surface area contributed by atoms with E-state index in [0.29, 0.717) is 23.7 Å². The lowest BCUT2D eigenvalue weighted by atomic mass is 9.52. The Kier molecular flexibility index (Phi) is 4.64. The Morgan fingerprint density at radius 2 is 1.59 bits per heavy atom. The minimum Gasteiger partial charge on any atom is -0.452 e. The first-order valence-electron chi connectivity index (χ1n) is 9.48. The van der Waals surface area contributed by atoms with Crippen LogP contribution >= 0.6 is 0 Å². The third-order valence-electron chi connectivity index (χ3n) is 6.45. The zero-order chi connectivity index (χ0) is 19.3. The van der Waals surface area contributed by atoms with Crippen LogP contribution in [0.25, 0.3) is 0 Å². The van der Waals surface area contributed by atoms with Crippen molar-refractivity contribution in [1.29, 1.82) is 0 Å². The lowest BCUT2D eigenvalue weighted by Gasteiger charge is -2.53. The maximum Gasteiger partial charge on any atom is 0.310 e. The standard InChI is InChI=1S/C20H22F3NO3/c1-9(19(25)24-15-3-2-14(21)17(22)18(15)23)27-20(26)16-12-5-10-4-11(7-12)8-13(16)6-10/h2-3,9-13,16H,4-8H2,1H3,(H,24,25)/t9-,10?,11?,12?,13?,16?/m0/s1. The number of carbonyl (C=O) groups excluding carboxylic acids is 2. The van der Waals surface area contributed by atoms with Crippen molar-refractivity contribution < 1.29 is 27.5 Å². The van der Waals surface area contributed by atoms with Gasteiger partial charge in [0.25, 0.3) is 5.91 Å². The molecule has 0 aliphatic heterocycles. The number of nitrogens with one attached hydrogen (secondary N) is 1. The molecular weight excluding hydrogens is 359 g/mol. The van der Waals surface area contributed by atoms with E-state index in [0.717, 1.165) is 37.8 Å². The summed E-state index contributed by atoms with van der Waals surface area (Å²) in [4.78, 5) is 24.9. The van der Waals surface area contributed by atoms with Gasteiger partial charge in [0.05, 0.1) is 11.6 Å². The maximum absolute atomic E-state index is 13.7. The summed E-state index contributed by atoms with van der Waals surface area (Å²) in [7, 11) is 0. The predicted octanol–water partition coefficient (Wildman–Crippen LogP) is 4.05. The van der Waals surface area contributed by atoms with Crippen LogP contribution in [-0.2, 0) is 14.3 Å². The molecule has 0 aromatic heterocycles. The molecule has 4 saturated carbocycles. The molecule has 1 atom stereocenters. The molecule has 1 aromatic rings. The Bertz CT molecular complexity index is 754. The number of anilines is 1. The number of hydrogen-bond donors (Lipinski definition) is 1. The third-order valence-corrected chi connectivity index (χ3v) is 6.45. The highest BCUT2D eigenvalue weighted by atomic mass is 19.2. The first kappa shape index (κ1) is 18.3. The summed E-state index contributed by atoms with van der Waals surface area (Å²) in [5, 5.41) is 2.15. The summed E-state index contributed by atoms with van der Waals surface area (Å²) < 4.78 is 45.3. The second-order valence-electron chi connectivity index (χ2n) is 8.25. The fourth-order valence-electron chi connectivity index (χ4n) is 5.47. The van der Waals surface area contributed by atoms with Gasteiger partial charge in [0.2, 0.25) is 0 Å². The van der Waals surface area contributed by atoms with Crippen molar-refractivity contribution in [1.82, 2.24) is 0 Å². The van der Waals surface area contributed by atoms with Gasteiger partial charge in [-0.2, -0.15) is 0 Å². The van der Waals surface area contributed by atoms with Crippen LogP contribution in [0.3, 0.4) is 0 Å². The highest BCUT2D eigenvalue weighted by Crippen LogP contribution is 2.56. The Hall–Kier alpha value is -2.05. The molecule has 1 amide bonds. The molecule has 0 saturated heterocycles. The Balaban J connectivity index is 1.39. The van der Waals surface area contributed by atoms with Gasteiger partial charge in [0, 0.05) is 0 Å². The van der Waals surface area contributed by atoms with Crippen molar-refractivity contribution >= 4 is 17.6 Å². The fourth-order valence-corrected chi connectivity index (χ4v) is 5.47. The number of carbonyl (C=O) groups is 2. The minimum atomic E-state index is -1.66. The zero-order valence-electron chi connectivity index (χ0n) is 15.0. The second kappa shape index (κ2) is 6.84. The molecule has 0 unspecified atom stereocenters. The van der Waals surface area contributed by atoms with Gasteiger partial charge in [-0.3, -0.25) is 9.59 Å². The van der Waals surface area contributed by atoms with E-state index in [1.165, 1.54) is 13.3 Å². The SMILES string of the molecule is C[C@H](OC(=O)C1C2CC3CC(C2)CC1C3)C(=O)Nc1ccc(F)c(F)c1F. The van der Waals surface area contributed by atoms with E-state index in [9.17, 15) is 22.8 Å². The topological polar surface area (TPSA) is 55.4 Å². The first-order valence-corrected chi connectivity index (χ1v) is 9.48. The summed E-state index contributed by atoms with van der Waals surface area (Å²) in [5.74, 6) is -3.73. The van der Waals surface area contributed by atoms with Gasteiger partial charge in [-0.05, 0) is 74.8 Å². The van der Waals surface area contributed by atoms with E-state index in [-0.39, 0.29) is 11.9 Å². The lowest BCUT2D eigenvalue weighted by Crippen LogP contribution is -2.49. The molecule has 5 rings (SSSR count). The molecule has 4 fully saturated rings. The molecule has 4 nitrogen and oxygen atoms in total. The number of esters is 1. The van der Waals surface area contributed by atoms with E-state index >= 15 is 0 Å². The first-order chi connectivity index (χ1) is 12.8. The van der Waals surface area contributed by atoms with Crippen molar-refractivity contribution in [3.63, 3.8) is 0 Å². The van der Waals surface area contributed by atoms with Crippen molar-refractivity contribution in [3.05, 3.63) is 29.6 Å². The van der Waals surface area contributed by atoms with E-state index < -0.39 is 35.2 Å². The Morgan fingerprint density at radius 3 is 2.19 bits per heavy atom. The molecule has 4 aliphatic carbocycles. The number of halogens is 3. The van der Waals surface area contributed by atoms with Gasteiger partial charge in [-0.15, -0.1) is 0 Å². The molecule has 0 spiro atoms. The van der Waals surface area contributed by atoms with E-state index in [1.807, 2.05) is 0 Å². The predicted molar refractivity (Wildman–Crippen MR) is 91.0 cm³/mol. The number of ether oxygens (including phenoxy) is 1. The molecule has 0 heterocycles. The maximum atomic E-state index is 13.7. The molecule has 1 N–H and O–H groups in total. The van der Waals surface area contributed by atoms with E-state index in [1.54, 1.807) is 0 Å². The molecule has 0 radical (unpaired) electrons. The van der Waals surface area contributed by atoms with Crippen LogP contribution < -0.4 is 5.32 Å². The number of hydrogen-bond acceptors (Lipinski definition) is 3. The molecular formula is C20H22F3NO3. The Morgan fingerprint density at radius 1 is 1.00 bits per heavy atom. The van der Waals surface area contributed by atoms with Gasteiger partial charge >= 0.3 is 5.97 Å². The van der Waals surface area contributed by atoms with Crippen LogP contribution in [-0.4, -0.2) is 18.0 Å². The van der Waals surface area contributed by atoms with Gasteiger partial charge in [-0.25, -0.2) is 13.2 Å². The van der Waals surface area contributed by atoms with Crippen LogP contribution in [0.5, 0.6) is 0 Å². The monoisotopic (exact) mass is 381 g/mol. The quantitative estimate of drug-likeness (QED) is 0.632. The van der Waals surface area contributed by atoms with Gasteiger partial charge in [0.1, 0.15) is 0 Å². The summed E-state index contributed by atoms with van der Waals surface area (Å²) in [6.07, 6.45) is 4.32. The molecule has 4 bridgehead atoms. The van der Waals surface area contributed by atoms with E-state index in [2.05, 4.69) is 5.32 Å². The van der Waals surface area contributed by atoms with Crippen molar-refractivity contribution in [2.24, 2.45) is 29.6 Å². The normalized spacial score (nSPS) is 32.2. The van der Waals surface area contributed by atoms with Crippen LogP contribution in [0, 0.1) is 47.0 Å². The number of benzene rings is 1. The molecule has 4 aliphatic rings. The Labute approximate surface area is 155 Å². The molecule has 1 aromatic carbocycles. The number of rotatable bonds is 4. The summed E-state index contributed by atoms with van der Waals surface area (Å²) >= 11 is 0. The average molecular weight is 381 g/mol. The highest BCUT2D eigenvalue weighted by Gasteiger charge is 2.51. The van der Waals surface area contributed by atoms with Crippen LogP contribution in [0.1, 0.15) is 39.0 Å². The van der Waals surface area contributed by atoms with Crippen molar-refractivity contribution in [2.45, 2.75) is 45.1 Å². The summed E-state index contributed by atoms with van der Waals surface area (Å²) in [6.45, 7) is 1.39. The summed E-state index contributed by atoms with van der Waals surface area (Å²) in [5.41, 5.74) is -0.489. The lowest BCUT2D eigenvalue weighted by molar-refractivity contribution is -0.169. The minimum absolute atomic E-state index is 0.173. The third kappa shape index (κ3) is 3.32. The van der Waals surface area contributed by atoms with Gasteiger partial charge < -0.3 is 10.1 Å². The van der Waals surface area contributed by atoms with Crippen LogP contribution in [0.2, 0.25) is 0 Å². The van der Waals surface area contributed by atoms with E-state index in [4.69, 9.17) is 4.74 Å². The largest absolute Gasteiger partial charge is 0.452 e. The molecule has 146 valence electrons.